The monoisotopic (exact) mass is 483 g/mol. The minimum atomic E-state index is -4.44. The van der Waals surface area contributed by atoms with Gasteiger partial charge >= 0.3 is 6.18 Å². The first kappa shape index (κ1) is 26.8. The Morgan fingerprint density at radius 3 is 2.50 bits per heavy atom. The Hall–Kier alpha value is -1.46. The van der Waals surface area contributed by atoms with E-state index >= 15 is 0 Å². The van der Waals surface area contributed by atoms with Gasteiger partial charge in [-0.1, -0.05) is 19.0 Å². The van der Waals surface area contributed by atoms with Crippen LogP contribution in [0.1, 0.15) is 71.3 Å². The molecule has 0 radical (unpaired) electrons. The third kappa shape index (κ3) is 7.28. The first-order valence-electron chi connectivity index (χ1n) is 10.7. The summed E-state index contributed by atoms with van der Waals surface area (Å²) < 4.78 is 76.8. The molecule has 7 nitrogen and oxygen atoms in total. The molecule has 2 heterocycles. The van der Waals surface area contributed by atoms with Crippen molar-refractivity contribution in [2.75, 3.05) is 19.0 Å². The molecule has 2 rings (SSSR count). The number of ketones is 1. The Labute approximate surface area is 186 Å². The van der Waals surface area contributed by atoms with Crippen LogP contribution in [-0.2, 0) is 35.9 Å². The number of sulfone groups is 1. The van der Waals surface area contributed by atoms with Gasteiger partial charge in [-0.25, -0.2) is 8.42 Å². The third-order valence-electron chi connectivity index (χ3n) is 5.68. The van der Waals surface area contributed by atoms with Gasteiger partial charge in [0.05, 0.1) is 24.5 Å². The molecule has 184 valence electrons. The fraction of sp³-hybridized carbons (Fsp3) is 0.810. The molecular weight excluding hydrogens is 451 g/mol. The van der Waals surface area contributed by atoms with Gasteiger partial charge < -0.3 is 14.0 Å². The summed E-state index contributed by atoms with van der Waals surface area (Å²) in [6.07, 6.45) is -3.98. The maximum atomic E-state index is 12.7. The molecule has 0 aliphatic carbocycles. The topological polar surface area (TPSA) is 95.7 Å². The summed E-state index contributed by atoms with van der Waals surface area (Å²) in [6, 6.07) is 1.58. The second kappa shape index (κ2) is 10.2. The van der Waals surface area contributed by atoms with Crippen LogP contribution in [0.4, 0.5) is 13.2 Å². The van der Waals surface area contributed by atoms with E-state index in [9.17, 15) is 26.4 Å². The molecule has 0 bridgehead atoms. The van der Waals surface area contributed by atoms with E-state index in [1.807, 2.05) is 13.8 Å². The first-order chi connectivity index (χ1) is 14.6. The summed E-state index contributed by atoms with van der Waals surface area (Å²) in [5.41, 5.74) is 0.00656. The van der Waals surface area contributed by atoms with Crippen molar-refractivity contribution in [2.24, 2.45) is 0 Å². The van der Waals surface area contributed by atoms with Gasteiger partial charge in [0, 0.05) is 24.5 Å². The van der Waals surface area contributed by atoms with E-state index in [1.54, 1.807) is 6.07 Å². The molecule has 0 aromatic carbocycles. The highest BCUT2D eigenvalue weighted by atomic mass is 32.2. The average molecular weight is 484 g/mol. The smallest absolute Gasteiger partial charge is 0.361 e. The maximum Gasteiger partial charge on any atom is 0.389 e. The third-order valence-corrected chi connectivity index (χ3v) is 8.29. The maximum absolute atomic E-state index is 12.7. The second-order valence-corrected chi connectivity index (χ2v) is 12.0. The SMILES string of the molecule is CC(C)(COC1CCCCO1)c1cc(CC(=O)C(C)(C)S(=O)(=O)CCCC(F)(F)F)on1. The number of aromatic nitrogens is 1. The zero-order valence-corrected chi connectivity index (χ0v) is 19.8. The van der Waals surface area contributed by atoms with E-state index in [0.717, 1.165) is 19.3 Å². The minimum Gasteiger partial charge on any atom is -0.361 e. The van der Waals surface area contributed by atoms with Crippen LogP contribution < -0.4 is 0 Å². The summed E-state index contributed by atoms with van der Waals surface area (Å²) in [6.45, 7) is 7.19. The van der Waals surface area contributed by atoms with Gasteiger partial charge in [-0.3, -0.25) is 4.79 Å². The van der Waals surface area contributed by atoms with Crippen molar-refractivity contribution in [3.8, 4) is 0 Å². The van der Waals surface area contributed by atoms with E-state index in [-0.39, 0.29) is 18.5 Å². The fourth-order valence-electron chi connectivity index (χ4n) is 3.20. The average Bonchev–Trinajstić information content (AvgIpc) is 3.15. The lowest BCUT2D eigenvalue weighted by Crippen LogP contribution is -2.43. The molecule has 1 aromatic heterocycles. The van der Waals surface area contributed by atoms with E-state index in [4.69, 9.17) is 14.0 Å². The Bertz CT molecular complexity index is 870. The molecule has 1 fully saturated rings. The van der Waals surface area contributed by atoms with Crippen LogP contribution in [0, 0.1) is 0 Å². The molecule has 1 aliphatic rings. The first-order valence-corrected chi connectivity index (χ1v) is 12.3. The molecule has 1 unspecified atom stereocenters. The second-order valence-electron chi connectivity index (χ2n) is 9.32. The molecule has 0 N–H and O–H groups in total. The number of ether oxygens (including phenoxy) is 2. The predicted octanol–water partition coefficient (Wildman–Crippen LogP) is 4.14. The zero-order valence-electron chi connectivity index (χ0n) is 19.0. The number of hydrogen-bond donors (Lipinski definition) is 0. The predicted molar refractivity (Wildman–Crippen MR) is 111 cm³/mol. The molecule has 1 aromatic rings. The standard InChI is InChI=1S/C21H32F3NO6S/c1-19(2,14-30-18-8-5-6-10-29-18)16-12-15(31-25-16)13-17(26)20(3,4)32(27,28)11-7-9-21(22,23)24/h12,18H,5-11,13-14H2,1-4H3. The van der Waals surface area contributed by atoms with Crippen LogP contribution in [0.5, 0.6) is 0 Å². The molecular formula is C21H32F3NO6S. The van der Waals surface area contributed by atoms with Gasteiger partial charge in [-0.2, -0.15) is 13.2 Å². The number of Topliss-reactive ketones (excluding diaryl/α,β-unsaturated/α-hetero) is 1. The lowest BCUT2D eigenvalue weighted by Gasteiger charge is -2.28. The molecule has 32 heavy (non-hydrogen) atoms. The van der Waals surface area contributed by atoms with Crippen molar-refractivity contribution in [1.29, 1.82) is 0 Å². The van der Waals surface area contributed by atoms with Gasteiger partial charge in [0.15, 0.2) is 21.9 Å². The van der Waals surface area contributed by atoms with Crippen molar-refractivity contribution in [1.82, 2.24) is 5.16 Å². The largest absolute Gasteiger partial charge is 0.389 e. The number of rotatable bonds is 11. The van der Waals surface area contributed by atoms with Gasteiger partial charge in [0.2, 0.25) is 0 Å². The Kier molecular flexibility index (Phi) is 8.55. The van der Waals surface area contributed by atoms with Crippen molar-refractivity contribution in [2.45, 2.75) is 88.8 Å². The van der Waals surface area contributed by atoms with Gasteiger partial charge in [-0.15, -0.1) is 0 Å². The van der Waals surface area contributed by atoms with Gasteiger partial charge in [0.25, 0.3) is 0 Å². The number of carbonyl (C=O) groups is 1. The zero-order chi connectivity index (χ0) is 24.2. The van der Waals surface area contributed by atoms with E-state index in [0.29, 0.717) is 18.9 Å². The van der Waals surface area contributed by atoms with Crippen LogP contribution in [0.25, 0.3) is 0 Å². The number of hydrogen-bond acceptors (Lipinski definition) is 7. The number of halogens is 3. The van der Waals surface area contributed by atoms with E-state index < -0.39 is 50.6 Å². The molecule has 1 saturated heterocycles. The van der Waals surface area contributed by atoms with E-state index in [2.05, 4.69) is 5.16 Å². The Balaban J connectivity index is 1.97. The lowest BCUT2D eigenvalue weighted by atomic mass is 9.90. The molecule has 1 aliphatic heterocycles. The number of nitrogens with zero attached hydrogens (tertiary/aromatic N) is 1. The lowest BCUT2D eigenvalue weighted by molar-refractivity contribution is -0.170. The molecule has 11 heteroatoms. The van der Waals surface area contributed by atoms with Crippen molar-refractivity contribution in [3.05, 3.63) is 17.5 Å². The molecule has 1 atom stereocenters. The van der Waals surface area contributed by atoms with Crippen molar-refractivity contribution >= 4 is 15.6 Å². The number of carbonyl (C=O) groups excluding carboxylic acids is 1. The number of alkyl halides is 3. The van der Waals surface area contributed by atoms with Crippen LogP contribution in [0.3, 0.4) is 0 Å². The van der Waals surface area contributed by atoms with Gasteiger partial charge in [0.1, 0.15) is 10.5 Å². The van der Waals surface area contributed by atoms with E-state index in [1.165, 1.54) is 13.8 Å². The summed E-state index contributed by atoms with van der Waals surface area (Å²) >= 11 is 0. The minimum absolute atomic E-state index is 0.186. The highest BCUT2D eigenvalue weighted by Crippen LogP contribution is 2.28. The van der Waals surface area contributed by atoms with Crippen molar-refractivity contribution in [3.63, 3.8) is 0 Å². The van der Waals surface area contributed by atoms with Crippen LogP contribution in [0.2, 0.25) is 0 Å². The summed E-state index contributed by atoms with van der Waals surface area (Å²) in [5.74, 6) is -1.21. The summed E-state index contributed by atoms with van der Waals surface area (Å²) in [5, 5.41) is 4.00. The quantitative estimate of drug-likeness (QED) is 0.467. The summed E-state index contributed by atoms with van der Waals surface area (Å²) in [7, 11) is -4.09. The molecule has 0 saturated carbocycles. The highest BCUT2D eigenvalue weighted by Gasteiger charge is 2.42. The Morgan fingerprint density at radius 2 is 1.91 bits per heavy atom. The van der Waals surface area contributed by atoms with Crippen molar-refractivity contribution < 1.29 is 40.4 Å². The molecule has 0 amide bonds. The fourth-order valence-corrected chi connectivity index (χ4v) is 4.65. The van der Waals surface area contributed by atoms with Gasteiger partial charge in [-0.05, 0) is 39.5 Å². The Morgan fingerprint density at radius 1 is 1.22 bits per heavy atom. The molecule has 0 spiro atoms. The van der Waals surface area contributed by atoms with Crippen LogP contribution >= 0.6 is 0 Å². The highest BCUT2D eigenvalue weighted by molar-refractivity contribution is 7.93. The summed E-state index contributed by atoms with van der Waals surface area (Å²) in [4.78, 5) is 12.7. The normalized spacial score (nSPS) is 18.7. The van der Waals surface area contributed by atoms with Crippen LogP contribution in [-0.4, -0.2) is 55.5 Å². The van der Waals surface area contributed by atoms with Crippen LogP contribution in [0.15, 0.2) is 10.6 Å².